The quantitative estimate of drug-likeness (QED) is 0.726. The zero-order valence-electron chi connectivity index (χ0n) is 12.0. The number of hydrogen-bond acceptors (Lipinski definition) is 3. The summed E-state index contributed by atoms with van der Waals surface area (Å²) in [6, 6.07) is 11.6. The van der Waals surface area contributed by atoms with Gasteiger partial charge in [-0.15, -0.1) is 0 Å². The van der Waals surface area contributed by atoms with Crippen LogP contribution in [0.25, 0.3) is 10.8 Å². The van der Waals surface area contributed by atoms with Gasteiger partial charge in [-0.1, -0.05) is 24.3 Å². The largest absolute Gasteiger partial charge is 1.00 e. The second kappa shape index (κ2) is 7.27. The summed E-state index contributed by atoms with van der Waals surface area (Å²) in [7, 11) is 5.59. The molecule has 0 aliphatic rings. The van der Waals surface area contributed by atoms with Crippen molar-refractivity contribution in [3.63, 3.8) is 0 Å². The molecule has 0 atom stereocenters. The standard InChI is InChI=1S/C16H19NO2.ClH/c1-17(2)11-10-15(18)13-8-9-16(19-3)14-7-5-4-6-12(13)14;/h4-9H,10-11H2,1-3H3;1H/p-1. The Hall–Kier alpha value is -1.58. The number of halogens is 1. The molecule has 0 aliphatic heterocycles. The molecule has 0 aliphatic carbocycles. The van der Waals surface area contributed by atoms with Gasteiger partial charge in [0.15, 0.2) is 5.78 Å². The summed E-state index contributed by atoms with van der Waals surface area (Å²) in [4.78, 5) is 14.3. The fourth-order valence-corrected chi connectivity index (χ4v) is 2.15. The first-order valence-corrected chi connectivity index (χ1v) is 6.37. The van der Waals surface area contributed by atoms with E-state index < -0.39 is 0 Å². The highest BCUT2D eigenvalue weighted by Gasteiger charge is 2.12. The second-order valence-electron chi connectivity index (χ2n) is 4.84. The number of methoxy groups -OCH3 is 1. The Morgan fingerprint density at radius 2 is 1.75 bits per heavy atom. The van der Waals surface area contributed by atoms with Crippen LogP contribution in [0.15, 0.2) is 36.4 Å². The van der Waals surface area contributed by atoms with Crippen LogP contribution in [0.1, 0.15) is 16.8 Å². The molecule has 0 N–H and O–H groups in total. The molecule has 108 valence electrons. The number of Topliss-reactive ketones (excluding diaryl/α,β-unsaturated/α-hetero) is 1. The molecule has 0 radical (unpaired) electrons. The van der Waals surface area contributed by atoms with Gasteiger partial charge in [-0.3, -0.25) is 4.79 Å². The maximum atomic E-state index is 12.3. The highest BCUT2D eigenvalue weighted by molar-refractivity contribution is 6.09. The lowest BCUT2D eigenvalue weighted by Crippen LogP contribution is -3.00. The van der Waals surface area contributed by atoms with Gasteiger partial charge < -0.3 is 22.0 Å². The van der Waals surface area contributed by atoms with E-state index in [1.807, 2.05) is 55.4 Å². The molecule has 20 heavy (non-hydrogen) atoms. The maximum absolute atomic E-state index is 12.3. The van der Waals surface area contributed by atoms with Gasteiger partial charge in [0.05, 0.1) is 7.11 Å². The second-order valence-corrected chi connectivity index (χ2v) is 4.84. The van der Waals surface area contributed by atoms with E-state index in [9.17, 15) is 4.79 Å². The Morgan fingerprint density at radius 1 is 1.10 bits per heavy atom. The third-order valence-electron chi connectivity index (χ3n) is 3.19. The molecule has 0 amide bonds. The molecule has 0 saturated heterocycles. The van der Waals surface area contributed by atoms with Crippen molar-refractivity contribution in [1.82, 2.24) is 4.90 Å². The van der Waals surface area contributed by atoms with Crippen LogP contribution in [-0.4, -0.2) is 38.4 Å². The summed E-state index contributed by atoms with van der Waals surface area (Å²) in [6.45, 7) is 0.763. The number of nitrogens with zero attached hydrogens (tertiary/aromatic N) is 1. The molecule has 0 bridgehead atoms. The number of ketones is 1. The third kappa shape index (κ3) is 3.50. The van der Waals surface area contributed by atoms with Gasteiger partial charge in [-0.05, 0) is 31.6 Å². The summed E-state index contributed by atoms with van der Waals surface area (Å²) in [5.74, 6) is 0.979. The summed E-state index contributed by atoms with van der Waals surface area (Å²) in [6.07, 6.45) is 0.531. The third-order valence-corrected chi connectivity index (χ3v) is 3.19. The zero-order chi connectivity index (χ0) is 13.8. The number of carbonyl (C=O) groups excluding carboxylic acids is 1. The monoisotopic (exact) mass is 292 g/mol. The molecule has 2 aromatic carbocycles. The lowest BCUT2D eigenvalue weighted by atomic mass is 9.99. The van der Waals surface area contributed by atoms with Crippen LogP contribution in [0.3, 0.4) is 0 Å². The van der Waals surface area contributed by atoms with Gasteiger partial charge in [-0.25, -0.2) is 0 Å². The minimum atomic E-state index is 0. The van der Waals surface area contributed by atoms with Crippen molar-refractivity contribution >= 4 is 16.6 Å². The maximum Gasteiger partial charge on any atom is 0.164 e. The van der Waals surface area contributed by atoms with Gasteiger partial charge in [0.1, 0.15) is 5.75 Å². The molecule has 3 nitrogen and oxygen atoms in total. The molecule has 0 heterocycles. The molecule has 2 rings (SSSR count). The Kier molecular flexibility index (Phi) is 5.99. The molecule has 0 spiro atoms. The molecular formula is C16H19ClNO2-. The van der Waals surface area contributed by atoms with Crippen molar-refractivity contribution in [2.24, 2.45) is 0 Å². The van der Waals surface area contributed by atoms with Gasteiger partial charge >= 0.3 is 0 Å². The van der Waals surface area contributed by atoms with Crippen LogP contribution in [-0.2, 0) is 0 Å². The van der Waals surface area contributed by atoms with Crippen molar-refractivity contribution in [3.8, 4) is 5.75 Å². The lowest BCUT2D eigenvalue weighted by Gasteiger charge is -2.11. The van der Waals surface area contributed by atoms with Crippen LogP contribution >= 0.6 is 0 Å². The highest BCUT2D eigenvalue weighted by Crippen LogP contribution is 2.28. The van der Waals surface area contributed by atoms with Gasteiger partial charge in [0.25, 0.3) is 0 Å². The van der Waals surface area contributed by atoms with E-state index in [-0.39, 0.29) is 18.2 Å². The molecule has 0 unspecified atom stereocenters. The first-order valence-electron chi connectivity index (χ1n) is 6.37. The van der Waals surface area contributed by atoms with E-state index in [0.717, 1.165) is 28.6 Å². The SMILES string of the molecule is COc1ccc(C(=O)CCN(C)C)c2ccccc12.[Cl-]. The van der Waals surface area contributed by atoms with Crippen LogP contribution in [0.4, 0.5) is 0 Å². The Morgan fingerprint density at radius 3 is 2.35 bits per heavy atom. The van der Waals surface area contributed by atoms with E-state index in [4.69, 9.17) is 4.74 Å². The van der Waals surface area contributed by atoms with Crippen LogP contribution < -0.4 is 17.1 Å². The van der Waals surface area contributed by atoms with Crippen molar-refractivity contribution in [3.05, 3.63) is 42.0 Å². The van der Waals surface area contributed by atoms with E-state index in [1.54, 1.807) is 7.11 Å². The average molecular weight is 293 g/mol. The van der Waals surface area contributed by atoms with Crippen LogP contribution in [0, 0.1) is 0 Å². The predicted octanol–water partition coefficient (Wildman–Crippen LogP) is -0.0132. The van der Waals surface area contributed by atoms with Crippen LogP contribution in [0.5, 0.6) is 5.75 Å². The molecule has 0 saturated carbocycles. The minimum absolute atomic E-state index is 0. The molecule has 4 heteroatoms. The molecular weight excluding hydrogens is 274 g/mol. The smallest absolute Gasteiger partial charge is 0.164 e. The van der Waals surface area contributed by atoms with Crippen molar-refractivity contribution in [1.29, 1.82) is 0 Å². The van der Waals surface area contributed by atoms with Gasteiger partial charge in [-0.2, -0.15) is 0 Å². The summed E-state index contributed by atoms with van der Waals surface area (Å²) in [5.41, 5.74) is 0.776. The molecule has 0 fully saturated rings. The van der Waals surface area contributed by atoms with E-state index in [2.05, 4.69) is 0 Å². The number of ether oxygens (including phenoxy) is 1. The Labute approximate surface area is 125 Å². The average Bonchev–Trinajstić information content (AvgIpc) is 2.43. The lowest BCUT2D eigenvalue weighted by molar-refractivity contribution is -0.0000122. The fraction of sp³-hybridized carbons (Fsp3) is 0.312. The van der Waals surface area contributed by atoms with E-state index in [1.165, 1.54) is 0 Å². The Bertz CT molecular complexity index is 596. The zero-order valence-corrected chi connectivity index (χ0v) is 12.8. The van der Waals surface area contributed by atoms with Gasteiger partial charge in [0, 0.05) is 23.9 Å². The number of benzene rings is 2. The normalized spacial score (nSPS) is 10.4. The first-order chi connectivity index (χ1) is 9.13. The minimum Gasteiger partial charge on any atom is -1.00 e. The number of rotatable bonds is 5. The Balaban J connectivity index is 0.00000200. The van der Waals surface area contributed by atoms with Crippen molar-refractivity contribution in [2.75, 3.05) is 27.7 Å². The van der Waals surface area contributed by atoms with Crippen molar-refractivity contribution < 1.29 is 21.9 Å². The van der Waals surface area contributed by atoms with Crippen LogP contribution in [0.2, 0.25) is 0 Å². The van der Waals surface area contributed by atoms with E-state index in [0.29, 0.717) is 6.42 Å². The fourth-order valence-electron chi connectivity index (χ4n) is 2.15. The summed E-state index contributed by atoms with van der Waals surface area (Å²) in [5, 5.41) is 1.95. The first kappa shape index (κ1) is 16.5. The van der Waals surface area contributed by atoms with Crippen molar-refractivity contribution in [2.45, 2.75) is 6.42 Å². The molecule has 2 aromatic rings. The van der Waals surface area contributed by atoms with Gasteiger partial charge in [0.2, 0.25) is 0 Å². The summed E-state index contributed by atoms with van der Waals surface area (Å²) < 4.78 is 5.34. The summed E-state index contributed by atoms with van der Waals surface area (Å²) >= 11 is 0. The number of carbonyl (C=O) groups is 1. The number of hydrogen-bond donors (Lipinski definition) is 0. The highest BCUT2D eigenvalue weighted by atomic mass is 35.5. The predicted molar refractivity (Wildman–Crippen MR) is 78.0 cm³/mol. The number of fused-ring (bicyclic) bond motifs is 1. The topological polar surface area (TPSA) is 29.5 Å². The van der Waals surface area contributed by atoms with E-state index >= 15 is 0 Å². The molecule has 0 aromatic heterocycles.